The summed E-state index contributed by atoms with van der Waals surface area (Å²) in [6, 6.07) is 9.96. The number of rotatable bonds is 4. The van der Waals surface area contributed by atoms with E-state index in [9.17, 15) is 14.3 Å². The van der Waals surface area contributed by atoms with Gasteiger partial charge in [-0.1, -0.05) is 18.2 Å². The van der Waals surface area contributed by atoms with Crippen molar-refractivity contribution < 1.29 is 14.3 Å². The van der Waals surface area contributed by atoms with E-state index in [1.165, 1.54) is 17.4 Å². The Balaban J connectivity index is 2.05. The summed E-state index contributed by atoms with van der Waals surface area (Å²) in [4.78, 5) is 15.9. The van der Waals surface area contributed by atoms with E-state index in [1.807, 2.05) is 17.5 Å². The first kappa shape index (κ1) is 13.7. The highest BCUT2D eigenvalue weighted by Gasteiger charge is 2.25. The van der Waals surface area contributed by atoms with Gasteiger partial charge in [-0.25, -0.2) is 4.39 Å². The molecule has 0 amide bonds. The fraction of sp³-hybridized carbons (Fsp3) is 0.125. The van der Waals surface area contributed by atoms with Crippen molar-refractivity contribution in [2.24, 2.45) is 0 Å². The highest BCUT2D eigenvalue weighted by molar-refractivity contribution is 7.17. The maximum Gasteiger partial charge on any atom is 0.312 e. The molecule has 0 spiro atoms. The summed E-state index contributed by atoms with van der Waals surface area (Å²) in [5.74, 6) is -2.24. The molecule has 3 nitrogen and oxygen atoms in total. The number of carboxylic acid groups (broad SMARTS) is 1. The van der Waals surface area contributed by atoms with Gasteiger partial charge in [0.1, 0.15) is 11.7 Å². The first-order valence-electron chi connectivity index (χ1n) is 6.45. The lowest BCUT2D eigenvalue weighted by Crippen LogP contribution is -2.16. The van der Waals surface area contributed by atoms with E-state index in [1.54, 1.807) is 24.4 Å². The standard InChI is InChI=1S/C16H12FNO2S/c17-13-4-2-1-3-10(13)9-12(16(19)20)15-11-6-8-21-14(11)5-7-18-15/h1-8,12H,9H2,(H,19,20). The Morgan fingerprint density at radius 3 is 2.86 bits per heavy atom. The Kier molecular flexibility index (Phi) is 3.66. The fourth-order valence-electron chi connectivity index (χ4n) is 2.38. The monoisotopic (exact) mass is 301 g/mol. The lowest BCUT2D eigenvalue weighted by Gasteiger charge is -2.13. The second kappa shape index (κ2) is 5.61. The van der Waals surface area contributed by atoms with E-state index >= 15 is 0 Å². The minimum Gasteiger partial charge on any atom is -0.481 e. The molecule has 0 aliphatic carbocycles. The number of nitrogens with zero attached hydrogens (tertiary/aromatic N) is 1. The summed E-state index contributed by atoms with van der Waals surface area (Å²) in [6.07, 6.45) is 1.69. The highest BCUT2D eigenvalue weighted by atomic mass is 32.1. The Hall–Kier alpha value is -2.27. The minimum absolute atomic E-state index is 0.0873. The van der Waals surface area contributed by atoms with E-state index in [0.29, 0.717) is 11.3 Å². The predicted molar refractivity (Wildman–Crippen MR) is 80.1 cm³/mol. The molecule has 0 bridgehead atoms. The summed E-state index contributed by atoms with van der Waals surface area (Å²) in [5, 5.41) is 12.2. The predicted octanol–water partition coefficient (Wildman–Crippen LogP) is 3.85. The smallest absolute Gasteiger partial charge is 0.312 e. The van der Waals surface area contributed by atoms with Crippen molar-refractivity contribution in [2.45, 2.75) is 12.3 Å². The van der Waals surface area contributed by atoms with E-state index in [0.717, 1.165) is 10.1 Å². The van der Waals surface area contributed by atoms with Crippen LogP contribution in [0.15, 0.2) is 48.0 Å². The van der Waals surface area contributed by atoms with Gasteiger partial charge in [0.25, 0.3) is 0 Å². The van der Waals surface area contributed by atoms with Crippen molar-refractivity contribution in [1.29, 1.82) is 0 Å². The second-order valence-electron chi connectivity index (χ2n) is 4.71. The number of carbonyl (C=O) groups is 1. The van der Waals surface area contributed by atoms with Gasteiger partial charge in [0.2, 0.25) is 0 Å². The van der Waals surface area contributed by atoms with E-state index in [4.69, 9.17) is 0 Å². The number of fused-ring (bicyclic) bond motifs is 1. The topological polar surface area (TPSA) is 50.2 Å². The number of carboxylic acids is 1. The van der Waals surface area contributed by atoms with Crippen LogP contribution in [0.2, 0.25) is 0 Å². The van der Waals surface area contributed by atoms with Crippen LogP contribution in [0, 0.1) is 5.82 Å². The van der Waals surface area contributed by atoms with Gasteiger partial charge in [0, 0.05) is 16.3 Å². The Labute approximate surface area is 124 Å². The Bertz CT molecular complexity index is 800. The molecule has 3 aromatic rings. The molecule has 5 heteroatoms. The third kappa shape index (κ3) is 2.64. The van der Waals surface area contributed by atoms with E-state index in [2.05, 4.69) is 4.98 Å². The second-order valence-corrected chi connectivity index (χ2v) is 5.66. The van der Waals surface area contributed by atoms with Crippen LogP contribution in [0.4, 0.5) is 4.39 Å². The average molecular weight is 301 g/mol. The molecule has 3 rings (SSSR count). The summed E-state index contributed by atoms with van der Waals surface area (Å²) < 4.78 is 14.8. The lowest BCUT2D eigenvalue weighted by atomic mass is 9.94. The van der Waals surface area contributed by atoms with Crippen LogP contribution in [0.5, 0.6) is 0 Å². The number of thiophene rings is 1. The fourth-order valence-corrected chi connectivity index (χ4v) is 3.17. The van der Waals surface area contributed by atoms with Gasteiger partial charge in [-0.05, 0) is 35.6 Å². The van der Waals surface area contributed by atoms with Gasteiger partial charge < -0.3 is 5.11 Å². The number of hydrogen-bond donors (Lipinski definition) is 1. The number of benzene rings is 1. The zero-order valence-corrected chi connectivity index (χ0v) is 11.8. The molecule has 1 N–H and O–H groups in total. The molecule has 2 heterocycles. The largest absolute Gasteiger partial charge is 0.481 e. The van der Waals surface area contributed by atoms with Crippen LogP contribution in [0.25, 0.3) is 10.1 Å². The van der Waals surface area contributed by atoms with Gasteiger partial charge in [0.15, 0.2) is 0 Å². The molecule has 0 aliphatic heterocycles. The van der Waals surface area contributed by atoms with Crippen molar-refractivity contribution >= 4 is 27.4 Å². The van der Waals surface area contributed by atoms with Crippen LogP contribution in [-0.2, 0) is 11.2 Å². The van der Waals surface area contributed by atoms with Crippen LogP contribution in [-0.4, -0.2) is 16.1 Å². The SMILES string of the molecule is O=C(O)C(Cc1ccccc1F)c1nccc2sccc12. The van der Waals surface area contributed by atoms with Gasteiger partial charge in [-0.3, -0.25) is 9.78 Å². The third-order valence-electron chi connectivity index (χ3n) is 3.42. The number of pyridine rings is 1. The lowest BCUT2D eigenvalue weighted by molar-refractivity contribution is -0.138. The van der Waals surface area contributed by atoms with Crippen LogP contribution < -0.4 is 0 Å². The van der Waals surface area contributed by atoms with Gasteiger partial charge in [-0.15, -0.1) is 11.3 Å². The molecule has 106 valence electrons. The Morgan fingerprint density at radius 2 is 2.10 bits per heavy atom. The van der Waals surface area contributed by atoms with Crippen molar-refractivity contribution in [3.63, 3.8) is 0 Å². The van der Waals surface area contributed by atoms with E-state index < -0.39 is 11.9 Å². The average Bonchev–Trinajstić information content (AvgIpc) is 2.94. The van der Waals surface area contributed by atoms with Crippen LogP contribution in [0.1, 0.15) is 17.2 Å². The third-order valence-corrected chi connectivity index (χ3v) is 4.30. The number of aromatic nitrogens is 1. The first-order chi connectivity index (χ1) is 10.2. The zero-order chi connectivity index (χ0) is 14.8. The van der Waals surface area contributed by atoms with Crippen molar-refractivity contribution in [3.8, 4) is 0 Å². The highest BCUT2D eigenvalue weighted by Crippen LogP contribution is 2.30. The summed E-state index contributed by atoms with van der Waals surface area (Å²) in [6.45, 7) is 0. The number of aliphatic carboxylic acids is 1. The normalized spacial score (nSPS) is 12.4. The maximum absolute atomic E-state index is 13.8. The summed E-state index contributed by atoms with van der Waals surface area (Å²) >= 11 is 1.53. The molecule has 1 unspecified atom stereocenters. The molecule has 0 fully saturated rings. The summed E-state index contributed by atoms with van der Waals surface area (Å²) in [7, 11) is 0. The quantitative estimate of drug-likeness (QED) is 0.796. The van der Waals surface area contributed by atoms with Gasteiger partial charge in [-0.2, -0.15) is 0 Å². The minimum atomic E-state index is -0.996. The molecule has 0 saturated heterocycles. The van der Waals surface area contributed by atoms with Crippen molar-refractivity contribution in [2.75, 3.05) is 0 Å². The van der Waals surface area contributed by atoms with Gasteiger partial charge in [0.05, 0.1) is 5.69 Å². The maximum atomic E-state index is 13.8. The molecular formula is C16H12FNO2S. The Morgan fingerprint density at radius 1 is 1.29 bits per heavy atom. The molecule has 0 radical (unpaired) electrons. The molecule has 1 atom stereocenters. The molecular weight excluding hydrogens is 289 g/mol. The summed E-state index contributed by atoms with van der Waals surface area (Å²) in [5.41, 5.74) is 0.878. The molecule has 0 saturated carbocycles. The van der Waals surface area contributed by atoms with E-state index in [-0.39, 0.29) is 12.2 Å². The molecule has 0 aliphatic rings. The van der Waals surface area contributed by atoms with Crippen LogP contribution >= 0.6 is 11.3 Å². The van der Waals surface area contributed by atoms with Crippen molar-refractivity contribution in [3.05, 3.63) is 65.0 Å². The zero-order valence-electron chi connectivity index (χ0n) is 11.0. The molecule has 21 heavy (non-hydrogen) atoms. The number of hydrogen-bond acceptors (Lipinski definition) is 3. The molecule has 2 aromatic heterocycles. The van der Waals surface area contributed by atoms with Crippen molar-refractivity contribution in [1.82, 2.24) is 4.98 Å². The number of halogens is 1. The molecule has 1 aromatic carbocycles. The first-order valence-corrected chi connectivity index (χ1v) is 7.33. The van der Waals surface area contributed by atoms with Crippen LogP contribution in [0.3, 0.4) is 0 Å². The van der Waals surface area contributed by atoms with Gasteiger partial charge >= 0.3 is 5.97 Å².